The second kappa shape index (κ2) is 11.5. The number of esters is 1. The molecule has 0 heterocycles. The van der Waals surface area contributed by atoms with E-state index in [4.69, 9.17) is 10.5 Å². The molecule has 0 aliphatic heterocycles. The minimum atomic E-state index is -1.06. The number of hydrogen-bond donors (Lipinski definition) is 3. The van der Waals surface area contributed by atoms with Gasteiger partial charge in [0, 0.05) is 18.5 Å². The highest BCUT2D eigenvalue weighted by atomic mass is 16.5. The Balaban J connectivity index is 2.58. The van der Waals surface area contributed by atoms with Gasteiger partial charge in [-0.3, -0.25) is 14.4 Å². The molecule has 2 atom stereocenters. The molecule has 4 N–H and O–H groups in total. The molecule has 0 aliphatic rings. The Labute approximate surface area is 158 Å². The fraction of sp³-hybridized carbons (Fsp3) is 0.368. The predicted octanol–water partition coefficient (Wildman–Crippen LogP) is 0.813. The first kappa shape index (κ1) is 21.9. The Kier molecular flexibility index (Phi) is 9.28. The number of benzene rings is 1. The first-order valence-corrected chi connectivity index (χ1v) is 8.65. The van der Waals surface area contributed by atoms with E-state index >= 15 is 0 Å². The van der Waals surface area contributed by atoms with Gasteiger partial charge in [-0.05, 0) is 25.5 Å². The molecular formula is C19H25N3O5. The number of amides is 3. The molecule has 1 aromatic carbocycles. The van der Waals surface area contributed by atoms with Crippen molar-refractivity contribution in [3.05, 3.63) is 42.5 Å². The number of nitrogens with one attached hydrogen (secondary N) is 2. The maximum Gasteiger partial charge on any atom is 0.335 e. The normalized spacial score (nSPS) is 12.8. The second-order valence-corrected chi connectivity index (χ2v) is 5.93. The number of rotatable bonds is 10. The highest BCUT2D eigenvalue weighted by Gasteiger charge is 2.23. The summed E-state index contributed by atoms with van der Waals surface area (Å²) >= 11 is 0. The molecule has 1 rings (SSSR count). The van der Waals surface area contributed by atoms with E-state index in [2.05, 4.69) is 10.6 Å². The number of hydrogen-bond acceptors (Lipinski definition) is 5. The first-order valence-electron chi connectivity index (χ1n) is 8.65. The minimum Gasteiger partial charge on any atom is -0.423 e. The zero-order valence-electron chi connectivity index (χ0n) is 15.4. The van der Waals surface area contributed by atoms with Gasteiger partial charge >= 0.3 is 5.97 Å². The summed E-state index contributed by atoms with van der Waals surface area (Å²) in [7, 11) is 0. The molecular weight excluding hydrogens is 350 g/mol. The van der Waals surface area contributed by atoms with Gasteiger partial charge in [-0.15, -0.1) is 0 Å². The fourth-order valence-electron chi connectivity index (χ4n) is 2.14. The summed E-state index contributed by atoms with van der Waals surface area (Å²) in [5.41, 5.74) is 5.14. The molecule has 3 amide bonds. The molecule has 0 bridgehead atoms. The Morgan fingerprint density at radius 3 is 2.41 bits per heavy atom. The van der Waals surface area contributed by atoms with Crippen molar-refractivity contribution in [2.75, 3.05) is 0 Å². The summed E-state index contributed by atoms with van der Waals surface area (Å²) in [6.07, 6.45) is 3.17. The van der Waals surface area contributed by atoms with Gasteiger partial charge < -0.3 is 21.1 Å². The van der Waals surface area contributed by atoms with Crippen LogP contribution in [0.5, 0.6) is 5.75 Å². The van der Waals surface area contributed by atoms with E-state index in [1.807, 2.05) is 6.92 Å². The average molecular weight is 375 g/mol. The van der Waals surface area contributed by atoms with Gasteiger partial charge in [0.1, 0.15) is 11.8 Å². The van der Waals surface area contributed by atoms with Crippen LogP contribution in [0.4, 0.5) is 0 Å². The van der Waals surface area contributed by atoms with Crippen molar-refractivity contribution in [1.82, 2.24) is 10.6 Å². The van der Waals surface area contributed by atoms with E-state index in [1.54, 1.807) is 37.3 Å². The van der Waals surface area contributed by atoms with Gasteiger partial charge in [-0.1, -0.05) is 31.2 Å². The van der Waals surface area contributed by atoms with E-state index in [0.29, 0.717) is 12.2 Å². The molecule has 0 spiro atoms. The van der Waals surface area contributed by atoms with Gasteiger partial charge in [-0.25, -0.2) is 4.79 Å². The van der Waals surface area contributed by atoms with Gasteiger partial charge in [0.05, 0.1) is 6.42 Å². The molecule has 0 aromatic heterocycles. The lowest BCUT2D eigenvalue weighted by molar-refractivity contribution is -0.131. The van der Waals surface area contributed by atoms with Crippen LogP contribution in [0.15, 0.2) is 42.5 Å². The minimum absolute atomic E-state index is 0.239. The highest BCUT2D eigenvalue weighted by Crippen LogP contribution is 2.08. The molecule has 0 saturated carbocycles. The number of carbonyl (C=O) groups is 4. The molecule has 8 nitrogen and oxygen atoms in total. The quantitative estimate of drug-likeness (QED) is 0.317. The molecule has 0 aliphatic carbocycles. The predicted molar refractivity (Wildman–Crippen MR) is 99.5 cm³/mol. The van der Waals surface area contributed by atoms with Gasteiger partial charge in [0.2, 0.25) is 17.7 Å². The van der Waals surface area contributed by atoms with Crippen LogP contribution in [0.2, 0.25) is 0 Å². The Morgan fingerprint density at radius 2 is 1.81 bits per heavy atom. The monoisotopic (exact) mass is 375 g/mol. The van der Waals surface area contributed by atoms with Crippen molar-refractivity contribution in [1.29, 1.82) is 0 Å². The largest absolute Gasteiger partial charge is 0.423 e. The van der Waals surface area contributed by atoms with Crippen molar-refractivity contribution < 1.29 is 23.9 Å². The van der Waals surface area contributed by atoms with E-state index < -0.39 is 29.9 Å². The lowest BCUT2D eigenvalue weighted by Crippen LogP contribution is -2.50. The average Bonchev–Trinajstić information content (AvgIpc) is 2.60. The van der Waals surface area contributed by atoms with Crippen molar-refractivity contribution in [3.8, 4) is 5.75 Å². The van der Waals surface area contributed by atoms with E-state index in [0.717, 1.165) is 0 Å². The number of para-hydroxylation sites is 1. The molecule has 27 heavy (non-hydrogen) atoms. The maximum absolute atomic E-state index is 12.3. The zero-order chi connectivity index (χ0) is 20.2. The van der Waals surface area contributed by atoms with Crippen LogP contribution in [0.25, 0.3) is 0 Å². The van der Waals surface area contributed by atoms with Gasteiger partial charge in [-0.2, -0.15) is 0 Å². The Morgan fingerprint density at radius 1 is 1.15 bits per heavy atom. The topological polar surface area (TPSA) is 128 Å². The van der Waals surface area contributed by atoms with Crippen molar-refractivity contribution >= 4 is 23.7 Å². The maximum atomic E-state index is 12.3. The van der Waals surface area contributed by atoms with Gasteiger partial charge in [0.15, 0.2) is 0 Å². The van der Waals surface area contributed by atoms with Crippen molar-refractivity contribution in [3.63, 3.8) is 0 Å². The lowest BCUT2D eigenvalue weighted by atomic mass is 10.1. The molecule has 1 aromatic rings. The molecule has 0 unspecified atom stereocenters. The molecule has 0 fully saturated rings. The molecule has 8 heteroatoms. The Bertz CT molecular complexity index is 688. The molecule has 0 radical (unpaired) electrons. The third-order valence-electron chi connectivity index (χ3n) is 3.39. The first-order chi connectivity index (χ1) is 12.8. The second-order valence-electron chi connectivity index (χ2n) is 5.93. The summed E-state index contributed by atoms with van der Waals surface area (Å²) < 4.78 is 5.09. The van der Waals surface area contributed by atoms with Gasteiger partial charge in [0.25, 0.3) is 0 Å². The van der Waals surface area contributed by atoms with Crippen LogP contribution >= 0.6 is 0 Å². The number of ether oxygens (including phenoxy) is 1. The number of primary amides is 1. The summed E-state index contributed by atoms with van der Waals surface area (Å²) in [4.78, 5) is 46.9. The lowest BCUT2D eigenvalue weighted by Gasteiger charge is -2.19. The summed E-state index contributed by atoms with van der Waals surface area (Å²) in [6, 6.07) is 6.97. The van der Waals surface area contributed by atoms with E-state index in [9.17, 15) is 19.2 Å². The van der Waals surface area contributed by atoms with Crippen molar-refractivity contribution in [2.24, 2.45) is 5.73 Å². The van der Waals surface area contributed by atoms with Crippen LogP contribution in [0, 0.1) is 0 Å². The van der Waals surface area contributed by atoms with E-state index in [-0.39, 0.29) is 18.7 Å². The smallest absolute Gasteiger partial charge is 0.335 e. The number of nitrogens with two attached hydrogens (primary N) is 1. The fourth-order valence-corrected chi connectivity index (χ4v) is 2.14. The van der Waals surface area contributed by atoms with Crippen LogP contribution in [0.3, 0.4) is 0 Å². The SMILES string of the molecule is CCCC(=O)N[C@H](CC(N)=O)C(=O)N[C@@H](C)/C=C/C(=O)Oc1ccccc1. The molecule has 146 valence electrons. The zero-order valence-corrected chi connectivity index (χ0v) is 15.4. The van der Waals surface area contributed by atoms with Crippen LogP contribution in [-0.2, 0) is 19.2 Å². The van der Waals surface area contributed by atoms with Crippen LogP contribution < -0.4 is 21.1 Å². The van der Waals surface area contributed by atoms with Crippen LogP contribution in [-0.4, -0.2) is 35.8 Å². The molecule has 0 saturated heterocycles. The third-order valence-corrected chi connectivity index (χ3v) is 3.39. The van der Waals surface area contributed by atoms with Crippen LogP contribution in [0.1, 0.15) is 33.1 Å². The summed E-state index contributed by atoms with van der Waals surface area (Å²) in [5, 5.41) is 5.08. The third kappa shape index (κ3) is 9.20. The Hall–Kier alpha value is -3.16. The van der Waals surface area contributed by atoms with Crippen molar-refractivity contribution in [2.45, 2.75) is 45.2 Å². The number of carbonyl (C=O) groups excluding carboxylic acids is 4. The standard InChI is InChI=1S/C19H25N3O5/c1-3-7-17(24)22-15(12-16(20)23)19(26)21-13(2)10-11-18(25)27-14-8-5-4-6-9-14/h4-6,8-11,13,15H,3,7,12H2,1-2H3,(H2,20,23)(H,21,26)(H,22,24)/b11-10+/t13-,15+/m0/s1. The summed E-state index contributed by atoms with van der Waals surface area (Å²) in [6.45, 7) is 3.46. The highest BCUT2D eigenvalue weighted by molar-refractivity contribution is 5.92. The van der Waals surface area contributed by atoms with E-state index in [1.165, 1.54) is 12.2 Å². The summed E-state index contributed by atoms with van der Waals surface area (Å²) in [5.74, 6) is -1.79.